The van der Waals surface area contributed by atoms with Crippen LogP contribution < -0.4 is 31.5 Å². The fourth-order valence-electron chi connectivity index (χ4n) is 15.1. The number of aromatic nitrogens is 2. The van der Waals surface area contributed by atoms with Crippen LogP contribution in [0.3, 0.4) is 0 Å². The molecular weight excluding hydrogens is 1630 g/mol. The third kappa shape index (κ3) is 28.3. The Kier molecular flexibility index (Phi) is 40.0. The number of carbonyl (C=O) groups excluding carboxylic acids is 14. The Morgan fingerprint density at radius 2 is 1.08 bits per heavy atom. The van der Waals surface area contributed by atoms with Crippen molar-refractivity contribution < 1.29 is 86.1 Å². The van der Waals surface area contributed by atoms with Gasteiger partial charge in [-0.05, 0) is 112 Å². The van der Waals surface area contributed by atoms with Crippen LogP contribution in [0.25, 0.3) is 22.0 Å². The zero-order valence-corrected chi connectivity index (χ0v) is 77.2. The summed E-state index contributed by atoms with van der Waals surface area (Å²) >= 11 is 6.62. The van der Waals surface area contributed by atoms with E-state index >= 15 is 8.78 Å². The summed E-state index contributed by atoms with van der Waals surface area (Å²) in [4.78, 5) is 218. The number of piperazine rings is 2. The average molecular weight is 1760 g/mol. The second-order valence-corrected chi connectivity index (χ2v) is 35.3. The van der Waals surface area contributed by atoms with Gasteiger partial charge in [0.2, 0.25) is 88.6 Å². The number of benzene rings is 2. The van der Waals surface area contributed by atoms with Gasteiger partial charge in [0.25, 0.3) is 0 Å². The molecule has 5 rings (SSSR count). The first-order valence-corrected chi connectivity index (χ1v) is 43.2. The first-order valence-electron chi connectivity index (χ1n) is 42.8. The topological polar surface area (TPSA) is 401 Å². The van der Waals surface area contributed by atoms with Crippen LogP contribution in [0.15, 0.2) is 36.9 Å². The molecule has 3 heterocycles. The molecule has 124 heavy (non-hydrogen) atoms. The van der Waals surface area contributed by atoms with E-state index in [0.29, 0.717) is 39.0 Å². The number of anilines is 2. The summed E-state index contributed by atoms with van der Waals surface area (Å²) in [5, 5.41) is 35.7. The summed E-state index contributed by atoms with van der Waals surface area (Å²) in [6, 6.07) is -4.05. The highest BCUT2D eigenvalue weighted by Crippen LogP contribution is 2.43. The third-order valence-electron chi connectivity index (χ3n) is 22.7. The molecule has 0 spiro atoms. The molecule has 2 saturated heterocycles. The number of hydrogen-bond acceptors (Lipinski definition) is 20. The molecule has 0 radical (unpaired) electrons. The van der Waals surface area contributed by atoms with Gasteiger partial charge in [0.1, 0.15) is 71.2 Å². The second kappa shape index (κ2) is 47.6. The number of nitrogens with one attached hydrogen (secondary N) is 5. The molecule has 34 nitrogen and oxygen atoms in total. The van der Waals surface area contributed by atoms with Gasteiger partial charge in [-0.3, -0.25) is 67.1 Å². The van der Waals surface area contributed by atoms with E-state index in [1.54, 1.807) is 56.5 Å². The van der Waals surface area contributed by atoms with E-state index in [-0.39, 0.29) is 159 Å². The summed E-state index contributed by atoms with van der Waals surface area (Å²) in [5.41, 5.74) is -1.09. The maximum atomic E-state index is 16.7. The Bertz CT molecular complexity index is 4270. The number of aromatic hydroxyl groups is 1. The lowest BCUT2D eigenvalue weighted by Crippen LogP contribution is -2.60. The van der Waals surface area contributed by atoms with Crippen LogP contribution in [0.4, 0.5) is 20.5 Å². The van der Waals surface area contributed by atoms with Gasteiger partial charge >= 0.3 is 0 Å². The smallest absolute Gasteiger partial charge is 0.246 e. The lowest BCUT2D eigenvalue weighted by atomic mass is 9.95. The number of likely N-dealkylation sites (N-methyl/N-ethyl adjacent to an activating group) is 7. The van der Waals surface area contributed by atoms with Crippen molar-refractivity contribution in [1.29, 1.82) is 0 Å². The molecule has 2 aliphatic rings. The van der Waals surface area contributed by atoms with Crippen LogP contribution in [-0.2, 0) is 67.1 Å². The number of amides is 14. The number of nitrogens with zero attached hydrogens (tertiary/aromatic N) is 13. The van der Waals surface area contributed by atoms with Gasteiger partial charge in [0.15, 0.2) is 5.82 Å². The van der Waals surface area contributed by atoms with Crippen LogP contribution in [0.5, 0.6) is 5.75 Å². The zero-order valence-electron chi connectivity index (χ0n) is 76.5. The summed E-state index contributed by atoms with van der Waals surface area (Å²) in [6.45, 7) is 29.2. The molecule has 0 saturated carbocycles. The zero-order chi connectivity index (χ0) is 93.5. The van der Waals surface area contributed by atoms with Gasteiger partial charge in [-0.25, -0.2) is 13.8 Å². The normalized spacial score (nSPS) is 15.5. The molecule has 0 bridgehead atoms. The van der Waals surface area contributed by atoms with E-state index in [1.807, 2.05) is 60.3 Å². The van der Waals surface area contributed by atoms with Crippen molar-refractivity contribution in [3.63, 3.8) is 0 Å². The number of halogens is 3. The quantitative estimate of drug-likeness (QED) is 0.0368. The first kappa shape index (κ1) is 104. The maximum Gasteiger partial charge on any atom is 0.246 e. The van der Waals surface area contributed by atoms with E-state index in [0.717, 1.165) is 11.0 Å². The minimum absolute atomic E-state index is 0.0193. The summed E-state index contributed by atoms with van der Waals surface area (Å²) in [5.74, 6) is -11.2. The number of carbonyl (C=O) groups is 14. The van der Waals surface area contributed by atoms with Crippen molar-refractivity contribution in [2.24, 2.45) is 35.5 Å². The van der Waals surface area contributed by atoms with Gasteiger partial charge in [-0.2, -0.15) is 4.98 Å². The average Bonchev–Trinajstić information content (AvgIpc) is 0.746. The van der Waals surface area contributed by atoms with Crippen molar-refractivity contribution in [3.05, 3.63) is 53.6 Å². The number of aliphatic hydroxyl groups is 1. The Morgan fingerprint density at radius 1 is 0.573 bits per heavy atom. The van der Waals surface area contributed by atoms with E-state index in [4.69, 9.17) is 16.6 Å². The minimum atomic E-state index is -1.26. The summed E-state index contributed by atoms with van der Waals surface area (Å²) < 4.78 is 31.9. The van der Waals surface area contributed by atoms with Crippen molar-refractivity contribution in [3.8, 4) is 16.9 Å². The van der Waals surface area contributed by atoms with Gasteiger partial charge in [0.05, 0.1) is 36.2 Å². The number of phenols is 1. The second-order valence-electron chi connectivity index (χ2n) is 34.9. The number of fused-ring (bicyclic) bond motifs is 1. The monoisotopic (exact) mass is 1760 g/mol. The number of aliphatic hydroxyl groups excluding tert-OH is 1. The first-order chi connectivity index (χ1) is 58.0. The fraction of sp³-hybridized carbons (Fsp3) is 0.655. The highest BCUT2D eigenvalue weighted by Gasteiger charge is 2.41. The van der Waals surface area contributed by atoms with Crippen LogP contribution in [0.2, 0.25) is 5.02 Å². The minimum Gasteiger partial charge on any atom is -0.507 e. The van der Waals surface area contributed by atoms with Gasteiger partial charge in [-0.15, -0.1) is 0 Å². The number of hydrogen-bond donors (Lipinski definition) is 7. The molecule has 2 fully saturated rings. The number of phenolic OH excluding ortho intramolecular Hbond substituents is 1. The molecule has 14 amide bonds. The maximum absolute atomic E-state index is 16.7. The van der Waals surface area contributed by atoms with Crippen LogP contribution >= 0.6 is 11.6 Å². The van der Waals surface area contributed by atoms with Crippen molar-refractivity contribution in [2.75, 3.05) is 139 Å². The predicted octanol–water partition coefficient (Wildman–Crippen LogP) is 4.95. The molecule has 7 N–H and O–H groups in total. The molecule has 37 heteroatoms. The molecule has 0 aliphatic carbocycles. The predicted molar refractivity (Wildman–Crippen MR) is 468 cm³/mol. The van der Waals surface area contributed by atoms with Crippen molar-refractivity contribution in [1.82, 2.24) is 80.2 Å². The molecule has 10 atom stereocenters. The Hall–Kier alpha value is -10.4. The molecule has 1 aromatic heterocycles. The lowest BCUT2D eigenvalue weighted by Gasteiger charge is -2.36. The molecule has 2 unspecified atom stereocenters. The van der Waals surface area contributed by atoms with Gasteiger partial charge in [0, 0.05) is 139 Å². The lowest BCUT2D eigenvalue weighted by molar-refractivity contribution is -0.150. The van der Waals surface area contributed by atoms with Crippen LogP contribution in [0.1, 0.15) is 155 Å². The number of rotatable bonds is 43. The summed E-state index contributed by atoms with van der Waals surface area (Å²) in [7, 11) is 11.7. The van der Waals surface area contributed by atoms with Gasteiger partial charge < -0.3 is 90.7 Å². The highest BCUT2D eigenvalue weighted by atomic mass is 35.5. The van der Waals surface area contributed by atoms with E-state index in [9.17, 15) is 77.3 Å². The Labute approximate surface area is 733 Å². The molecule has 2 aromatic carbocycles. The summed E-state index contributed by atoms with van der Waals surface area (Å²) in [6.07, 6.45) is 1.08. The van der Waals surface area contributed by atoms with Crippen LogP contribution in [-0.4, -0.2) is 335 Å². The fourth-order valence-corrected chi connectivity index (χ4v) is 15.4. The molecular formula is C87H135ClF2N18O16. The molecule has 690 valence electrons. The molecule has 2 aliphatic heterocycles. The van der Waals surface area contributed by atoms with E-state index < -0.39 is 160 Å². The van der Waals surface area contributed by atoms with Gasteiger partial charge in [-0.1, -0.05) is 107 Å². The van der Waals surface area contributed by atoms with Crippen molar-refractivity contribution in [2.45, 2.75) is 209 Å². The standard InChI is InChI=1S/C87H135ClF2N18O16/c1-24-60(94-66(111)46-65(110)54(13)28-26-31-68(113)106-34-36-107(37-35-106)69(114)32-33-91-87-96-76-57(78(97-87)108-40-38-105(39-41-108)67(112)25-2)45-58(88)72(74(76)90)73-59(89)29-27-30-64(73)109)83(121)99(18)47-70(115)101(20)61(42-49(3)4)81(119)95-75(52(9)10)85(123)102(21)62(43-50(5)6)80(118)92-55(14)79(117)93-56(15)82(120)103(22)63(44-51(7)8)84(122)100(19)48-71(116)104(23)77(53(11)12)86(124)98(16)17/h25,27,29-30,45,49-56,60-63,65,75,77,109-110H,2,24,26,28,31-44,46-48H2,1,3-23H3,(H,92,118)(H,93,117)(H,94,111)(H,95,119)(H,91,96,97)/t54-,55+,56-,60+,61+,62+,63+,65+,75?,77?/m1/s1. The Balaban J connectivity index is 1.10. The molecule has 3 aromatic rings. The van der Waals surface area contributed by atoms with Crippen LogP contribution in [0, 0.1) is 47.1 Å². The van der Waals surface area contributed by atoms with E-state index in [1.165, 1.54) is 110 Å². The SMILES string of the molecule is C=CC(=O)N1CCN(c2nc(NCCC(=O)N3CCN(C(=O)CCC[C@@H](C)[C@@H](O)CC(=O)N[C@@H](CC)C(=O)N(C)CC(=O)N(C)[C@@H](CC(C)C)C(=O)NC(C(=O)N(C)[C@@H](CC(C)C)C(=O)N[C@@H](C)C(=O)N[C@H](C)C(=O)N(C)[C@@H](CC(C)C)C(=O)N(C)CC(=O)N(C)C(C(=O)N(C)C)C(C)C)C(C)C)CC3)nc3c(F)c(-c4c(O)cccc4F)c(Cl)cc23)CC1. The Morgan fingerprint density at radius 3 is 1.60 bits per heavy atom. The van der Waals surface area contributed by atoms with E-state index in [2.05, 4.69) is 38.1 Å². The largest absolute Gasteiger partial charge is 0.507 e. The van der Waals surface area contributed by atoms with Crippen molar-refractivity contribution >= 4 is 117 Å². The highest BCUT2D eigenvalue weighted by molar-refractivity contribution is 6.34. The third-order valence-corrected chi connectivity index (χ3v) is 23.0.